The monoisotopic (exact) mass is 483 g/mol. The number of rotatable bonds is 7. The maximum absolute atomic E-state index is 13.3. The third kappa shape index (κ3) is 4.58. The Hall–Kier alpha value is -4.24. The molecule has 8 nitrogen and oxygen atoms in total. The van der Waals surface area contributed by atoms with Gasteiger partial charge in [0.05, 0.1) is 11.3 Å². The van der Waals surface area contributed by atoms with Crippen LogP contribution < -0.4 is 11.1 Å². The Morgan fingerprint density at radius 3 is 2.60 bits per heavy atom. The predicted octanol–water partition coefficient (Wildman–Crippen LogP) is 2.94. The number of ketones is 1. The van der Waals surface area contributed by atoms with Gasteiger partial charge < -0.3 is 11.1 Å². The van der Waals surface area contributed by atoms with Crippen molar-refractivity contribution < 1.29 is 14.4 Å². The Kier molecular flexibility index (Phi) is 6.15. The number of nitrogens with zero attached hydrogens (tertiary/aromatic N) is 3. The van der Waals surface area contributed by atoms with Crippen molar-refractivity contribution in [3.8, 4) is 17.1 Å². The molecule has 35 heavy (non-hydrogen) atoms. The van der Waals surface area contributed by atoms with Gasteiger partial charge >= 0.3 is 0 Å². The summed E-state index contributed by atoms with van der Waals surface area (Å²) in [5.41, 5.74) is 9.19. The van der Waals surface area contributed by atoms with Crippen molar-refractivity contribution >= 4 is 29.4 Å². The molecular weight excluding hydrogens is 462 g/mol. The van der Waals surface area contributed by atoms with Gasteiger partial charge in [0, 0.05) is 40.6 Å². The lowest BCUT2D eigenvalue weighted by atomic mass is 10.0. The summed E-state index contributed by atoms with van der Waals surface area (Å²) >= 11 is 1.73. The average Bonchev–Trinajstić information content (AvgIpc) is 3.33. The number of carbonyl (C=O) groups is 3. The van der Waals surface area contributed by atoms with Crippen molar-refractivity contribution in [1.29, 1.82) is 0 Å². The third-order valence-corrected chi connectivity index (χ3v) is 6.83. The summed E-state index contributed by atoms with van der Waals surface area (Å²) < 4.78 is 1.59. The molecule has 0 bridgehead atoms. The molecule has 0 saturated heterocycles. The van der Waals surface area contributed by atoms with E-state index in [0.717, 1.165) is 33.0 Å². The van der Waals surface area contributed by atoms with Crippen molar-refractivity contribution in [2.45, 2.75) is 23.1 Å². The van der Waals surface area contributed by atoms with Gasteiger partial charge in [0.2, 0.25) is 5.78 Å². The Morgan fingerprint density at radius 2 is 1.80 bits per heavy atom. The number of nitrogens with two attached hydrogens (primary N) is 1. The summed E-state index contributed by atoms with van der Waals surface area (Å²) in [7, 11) is 0. The summed E-state index contributed by atoms with van der Waals surface area (Å²) in [6.07, 6.45) is 3.58. The zero-order valence-electron chi connectivity index (χ0n) is 18.5. The number of primary amides is 1. The van der Waals surface area contributed by atoms with Crippen LogP contribution in [-0.2, 0) is 21.8 Å². The lowest BCUT2D eigenvalue weighted by Gasteiger charge is -2.17. The zero-order chi connectivity index (χ0) is 24.4. The van der Waals surface area contributed by atoms with Gasteiger partial charge in [-0.2, -0.15) is 5.10 Å². The Balaban J connectivity index is 1.46. The van der Waals surface area contributed by atoms with E-state index in [0.29, 0.717) is 5.82 Å². The van der Waals surface area contributed by atoms with E-state index in [9.17, 15) is 14.4 Å². The highest BCUT2D eigenvalue weighted by Crippen LogP contribution is 2.40. The summed E-state index contributed by atoms with van der Waals surface area (Å²) in [6.45, 7) is 0. The molecule has 0 fully saturated rings. The predicted molar refractivity (Wildman–Crippen MR) is 132 cm³/mol. The zero-order valence-corrected chi connectivity index (χ0v) is 19.4. The number of hydrogen-bond donors (Lipinski definition) is 2. The van der Waals surface area contributed by atoms with Crippen LogP contribution in [0, 0.1) is 0 Å². The molecule has 1 aliphatic rings. The van der Waals surface area contributed by atoms with Crippen LogP contribution in [0.3, 0.4) is 0 Å². The van der Waals surface area contributed by atoms with Crippen LogP contribution in [-0.4, -0.2) is 38.4 Å². The molecule has 2 aromatic carbocycles. The first-order valence-corrected chi connectivity index (χ1v) is 11.9. The van der Waals surface area contributed by atoms with Crippen molar-refractivity contribution in [2.24, 2.45) is 5.73 Å². The second-order valence-corrected chi connectivity index (χ2v) is 9.07. The molecule has 9 heteroatoms. The number of benzene rings is 2. The summed E-state index contributed by atoms with van der Waals surface area (Å²) in [6, 6.07) is 19.3. The Morgan fingerprint density at radius 1 is 1.03 bits per heavy atom. The van der Waals surface area contributed by atoms with E-state index in [1.165, 1.54) is 0 Å². The average molecular weight is 484 g/mol. The maximum Gasteiger partial charge on any atom is 0.287 e. The highest BCUT2D eigenvalue weighted by atomic mass is 32.2. The molecule has 4 aromatic rings. The number of Topliss-reactive ketones (excluding diaryl/α,β-unsaturated/α-hetero) is 1. The Labute approximate surface area is 205 Å². The van der Waals surface area contributed by atoms with Gasteiger partial charge in [0.25, 0.3) is 11.8 Å². The van der Waals surface area contributed by atoms with E-state index in [2.05, 4.69) is 16.4 Å². The minimum atomic E-state index is -1.11. The maximum atomic E-state index is 13.3. The van der Waals surface area contributed by atoms with Crippen LogP contribution in [0.1, 0.15) is 21.5 Å². The number of nitrogens with one attached hydrogen (secondary N) is 1. The first-order valence-electron chi connectivity index (χ1n) is 11.0. The van der Waals surface area contributed by atoms with Gasteiger partial charge in [-0.1, -0.05) is 48.5 Å². The number of aromatic nitrogens is 3. The van der Waals surface area contributed by atoms with Crippen molar-refractivity contribution in [3.05, 3.63) is 95.8 Å². The van der Waals surface area contributed by atoms with Crippen LogP contribution in [0.15, 0.2) is 84.0 Å². The lowest BCUT2D eigenvalue weighted by molar-refractivity contribution is -0.137. The number of thioether (sulfide) groups is 1. The second-order valence-electron chi connectivity index (χ2n) is 8.05. The first-order chi connectivity index (χ1) is 17.0. The summed E-state index contributed by atoms with van der Waals surface area (Å²) in [5.74, 6) is -1.43. The molecule has 1 unspecified atom stereocenters. The number of pyridine rings is 1. The van der Waals surface area contributed by atoms with E-state index < -0.39 is 23.6 Å². The molecule has 0 radical (unpaired) electrons. The molecule has 2 amide bonds. The molecule has 3 N–H and O–H groups in total. The molecule has 1 atom stereocenters. The molecule has 3 heterocycles. The van der Waals surface area contributed by atoms with E-state index in [-0.39, 0.29) is 12.0 Å². The van der Waals surface area contributed by atoms with Crippen molar-refractivity contribution in [3.63, 3.8) is 0 Å². The molecule has 0 aliphatic carbocycles. The quantitative estimate of drug-likeness (QED) is 0.390. The van der Waals surface area contributed by atoms with Crippen LogP contribution in [0.5, 0.6) is 0 Å². The van der Waals surface area contributed by atoms with Crippen LogP contribution in [0.25, 0.3) is 17.1 Å². The number of fused-ring (bicyclic) bond motifs is 3. The largest absolute Gasteiger partial charge is 0.363 e. The third-order valence-electron chi connectivity index (χ3n) is 5.71. The highest BCUT2D eigenvalue weighted by molar-refractivity contribution is 7.98. The van der Waals surface area contributed by atoms with Crippen LogP contribution in [0.4, 0.5) is 0 Å². The molecule has 0 saturated carbocycles. The fraction of sp³-hybridized carbons (Fsp3) is 0.115. The van der Waals surface area contributed by atoms with Gasteiger partial charge in [-0.15, -0.1) is 11.8 Å². The molecular formula is C26H21N5O3S. The van der Waals surface area contributed by atoms with Gasteiger partial charge in [-0.05, 0) is 23.8 Å². The minimum Gasteiger partial charge on any atom is -0.363 e. The van der Waals surface area contributed by atoms with E-state index in [1.54, 1.807) is 34.8 Å². The van der Waals surface area contributed by atoms with Gasteiger partial charge in [0.15, 0.2) is 5.82 Å². The highest BCUT2D eigenvalue weighted by Gasteiger charge is 2.28. The topological polar surface area (TPSA) is 120 Å². The van der Waals surface area contributed by atoms with Crippen LogP contribution >= 0.6 is 11.8 Å². The second kappa shape index (κ2) is 9.55. The molecule has 174 valence electrons. The number of carbonyl (C=O) groups excluding carboxylic acids is 3. The molecule has 0 spiro atoms. The van der Waals surface area contributed by atoms with Crippen molar-refractivity contribution in [2.75, 3.05) is 0 Å². The smallest absolute Gasteiger partial charge is 0.287 e. The van der Waals surface area contributed by atoms with Crippen LogP contribution in [0.2, 0.25) is 0 Å². The van der Waals surface area contributed by atoms with Gasteiger partial charge in [0.1, 0.15) is 6.04 Å². The standard InChI is InChI=1S/C26H21N5O3S/c27-24(33)23(32)20(13-16-7-2-1-3-8-16)29-26(34)19-10-6-12-28-25(19)31-14-17-15-35-21-11-5-4-9-18(21)22(17)30-31/h1-12,14,20H,13,15H2,(H2,27,33)(H,29,34). The number of hydrogen-bond acceptors (Lipinski definition) is 6. The van der Waals surface area contributed by atoms with E-state index in [4.69, 9.17) is 10.8 Å². The molecule has 5 rings (SSSR count). The van der Waals surface area contributed by atoms with E-state index in [1.807, 2.05) is 54.7 Å². The minimum absolute atomic E-state index is 0.133. The fourth-order valence-corrected chi connectivity index (χ4v) is 5.04. The van der Waals surface area contributed by atoms with Crippen molar-refractivity contribution in [1.82, 2.24) is 20.1 Å². The normalized spacial score (nSPS) is 12.8. The molecule has 1 aliphatic heterocycles. The molecule has 2 aromatic heterocycles. The Bertz CT molecular complexity index is 1430. The first kappa shape index (κ1) is 22.5. The lowest BCUT2D eigenvalue weighted by Crippen LogP contribution is -2.47. The summed E-state index contributed by atoms with van der Waals surface area (Å²) in [5, 5.41) is 7.41. The number of amides is 2. The van der Waals surface area contributed by atoms with Gasteiger partial charge in [-0.25, -0.2) is 9.67 Å². The fourth-order valence-electron chi connectivity index (χ4n) is 4.02. The van der Waals surface area contributed by atoms with E-state index >= 15 is 0 Å². The van der Waals surface area contributed by atoms with Gasteiger partial charge in [-0.3, -0.25) is 14.4 Å². The SMILES string of the molecule is NC(=O)C(=O)C(Cc1ccccc1)NC(=O)c1cccnc1-n1cc2c(n1)-c1ccccc1SC2. The summed E-state index contributed by atoms with van der Waals surface area (Å²) in [4.78, 5) is 43.0.